The van der Waals surface area contributed by atoms with Gasteiger partial charge in [-0.15, -0.1) is 5.10 Å². The first-order valence-corrected chi connectivity index (χ1v) is 7.73. The van der Waals surface area contributed by atoms with Crippen molar-refractivity contribution in [2.45, 2.75) is 19.4 Å². The molecule has 0 aliphatic heterocycles. The number of carbonyl (C=O) groups is 2. The van der Waals surface area contributed by atoms with E-state index in [1.54, 1.807) is 18.2 Å². The number of nitrogens with zero attached hydrogens (tertiary/aromatic N) is 3. The molecule has 0 atom stereocenters. The first-order valence-electron chi connectivity index (χ1n) is 6.97. The number of anilines is 2. The number of carbonyl (C=O) groups excluding carboxylic acids is 2. The van der Waals surface area contributed by atoms with Gasteiger partial charge < -0.3 is 10.6 Å². The van der Waals surface area contributed by atoms with E-state index in [-0.39, 0.29) is 24.3 Å². The average Bonchev–Trinajstić information content (AvgIpc) is 3.26. The van der Waals surface area contributed by atoms with Gasteiger partial charge in [-0.05, 0) is 31.0 Å². The highest BCUT2D eigenvalue weighted by Gasteiger charge is 2.30. The first kappa shape index (κ1) is 15.8. The molecule has 1 aliphatic rings. The predicted molar refractivity (Wildman–Crippen MR) is 86.5 cm³/mol. The zero-order valence-corrected chi connectivity index (χ0v) is 13.4. The van der Waals surface area contributed by atoms with Crippen molar-refractivity contribution in [3.8, 4) is 0 Å². The fourth-order valence-electron chi connectivity index (χ4n) is 1.94. The molecule has 0 spiro atoms. The maximum atomic E-state index is 12.0. The van der Waals surface area contributed by atoms with Crippen LogP contribution in [0.15, 0.2) is 24.4 Å². The molecule has 2 aromatic rings. The van der Waals surface area contributed by atoms with Gasteiger partial charge in [0.1, 0.15) is 6.54 Å². The molecule has 2 N–H and O–H groups in total. The Morgan fingerprint density at radius 1 is 1.26 bits per heavy atom. The lowest BCUT2D eigenvalue weighted by Crippen LogP contribution is -2.19. The highest BCUT2D eigenvalue weighted by molar-refractivity contribution is 6.35. The summed E-state index contributed by atoms with van der Waals surface area (Å²) in [5, 5.41) is 13.8. The van der Waals surface area contributed by atoms with Crippen LogP contribution in [0.3, 0.4) is 0 Å². The SMILES string of the molecule is O=C(Cn1cc(NC(=O)C2CC2)nn1)Nc1cc(Cl)ccc1Cl. The van der Waals surface area contributed by atoms with Crippen LogP contribution in [0.1, 0.15) is 12.8 Å². The first-order chi connectivity index (χ1) is 11.0. The molecule has 1 aromatic heterocycles. The van der Waals surface area contributed by atoms with Gasteiger partial charge in [0.25, 0.3) is 0 Å². The number of benzene rings is 1. The molecule has 0 unspecified atom stereocenters. The third-order valence-corrected chi connectivity index (χ3v) is 3.81. The highest BCUT2D eigenvalue weighted by Crippen LogP contribution is 2.29. The number of halogens is 2. The van der Waals surface area contributed by atoms with Crippen LogP contribution in [0.25, 0.3) is 0 Å². The van der Waals surface area contributed by atoms with Crippen molar-refractivity contribution < 1.29 is 9.59 Å². The molecule has 1 heterocycles. The van der Waals surface area contributed by atoms with E-state index < -0.39 is 0 Å². The summed E-state index contributed by atoms with van der Waals surface area (Å²) in [5.41, 5.74) is 0.423. The van der Waals surface area contributed by atoms with Gasteiger partial charge in [0.05, 0.1) is 16.9 Å². The van der Waals surface area contributed by atoms with Crippen LogP contribution in [0.4, 0.5) is 11.5 Å². The molecule has 1 aromatic carbocycles. The Labute approximate surface area is 141 Å². The van der Waals surface area contributed by atoms with Crippen LogP contribution >= 0.6 is 23.2 Å². The van der Waals surface area contributed by atoms with Crippen LogP contribution in [-0.4, -0.2) is 26.8 Å². The molecule has 9 heteroatoms. The lowest BCUT2D eigenvalue weighted by Gasteiger charge is -2.07. The van der Waals surface area contributed by atoms with Gasteiger partial charge >= 0.3 is 0 Å². The van der Waals surface area contributed by atoms with Crippen LogP contribution < -0.4 is 10.6 Å². The van der Waals surface area contributed by atoms with E-state index in [9.17, 15) is 9.59 Å². The summed E-state index contributed by atoms with van der Waals surface area (Å²) in [5.74, 6) is 0.00949. The van der Waals surface area contributed by atoms with Gasteiger partial charge in [-0.1, -0.05) is 28.4 Å². The van der Waals surface area contributed by atoms with Gasteiger partial charge in [-0.2, -0.15) is 0 Å². The molecule has 23 heavy (non-hydrogen) atoms. The lowest BCUT2D eigenvalue weighted by molar-refractivity contribution is -0.117. The molecule has 7 nitrogen and oxygen atoms in total. The second-order valence-corrected chi connectivity index (χ2v) is 6.08. The molecule has 0 bridgehead atoms. The average molecular weight is 354 g/mol. The minimum atomic E-state index is -0.334. The molecule has 0 radical (unpaired) electrons. The largest absolute Gasteiger partial charge is 0.323 e. The Bertz CT molecular complexity index is 757. The standard InChI is InChI=1S/C14H13Cl2N5O2/c15-9-3-4-10(16)11(5-9)17-13(22)7-21-6-12(19-20-21)18-14(23)8-1-2-8/h3-6,8H,1-2,7H2,(H,17,22)(H,18,23). The smallest absolute Gasteiger partial charge is 0.246 e. The van der Waals surface area contributed by atoms with Gasteiger partial charge in [0.2, 0.25) is 11.8 Å². The minimum Gasteiger partial charge on any atom is -0.323 e. The van der Waals surface area contributed by atoms with Crippen LogP contribution in [0, 0.1) is 5.92 Å². The summed E-state index contributed by atoms with van der Waals surface area (Å²) in [7, 11) is 0. The van der Waals surface area contributed by atoms with Gasteiger partial charge in [-0.25, -0.2) is 4.68 Å². The van der Waals surface area contributed by atoms with Crippen LogP contribution in [0.2, 0.25) is 10.0 Å². The van der Waals surface area contributed by atoms with Gasteiger partial charge in [0, 0.05) is 10.9 Å². The number of nitrogens with one attached hydrogen (secondary N) is 2. The van der Waals surface area contributed by atoms with Crippen molar-refractivity contribution in [2.75, 3.05) is 10.6 Å². The summed E-state index contributed by atoms with van der Waals surface area (Å²) in [6.07, 6.45) is 3.31. The number of hydrogen-bond donors (Lipinski definition) is 2. The molecular weight excluding hydrogens is 341 g/mol. The second-order valence-electron chi connectivity index (χ2n) is 5.24. The van der Waals surface area contributed by atoms with Crippen molar-refractivity contribution in [1.29, 1.82) is 0 Å². The third-order valence-electron chi connectivity index (χ3n) is 3.25. The maximum Gasteiger partial charge on any atom is 0.246 e. The summed E-state index contributed by atoms with van der Waals surface area (Å²) in [6, 6.07) is 4.79. The van der Waals surface area contributed by atoms with E-state index in [2.05, 4.69) is 20.9 Å². The molecule has 0 saturated heterocycles. The zero-order valence-electron chi connectivity index (χ0n) is 11.9. The van der Waals surface area contributed by atoms with Crippen LogP contribution in [0.5, 0.6) is 0 Å². The van der Waals surface area contributed by atoms with E-state index in [4.69, 9.17) is 23.2 Å². The fourth-order valence-corrected chi connectivity index (χ4v) is 2.27. The predicted octanol–water partition coefficient (Wildman–Crippen LogP) is 2.57. The van der Waals surface area contributed by atoms with Crippen LogP contribution in [-0.2, 0) is 16.1 Å². The lowest BCUT2D eigenvalue weighted by atomic mass is 10.3. The molecule has 1 aliphatic carbocycles. The molecule has 120 valence electrons. The Morgan fingerprint density at radius 2 is 2.04 bits per heavy atom. The van der Waals surface area contributed by atoms with E-state index in [1.165, 1.54) is 10.9 Å². The molecule has 1 saturated carbocycles. The monoisotopic (exact) mass is 353 g/mol. The second kappa shape index (κ2) is 6.55. The summed E-state index contributed by atoms with van der Waals surface area (Å²) in [6.45, 7) is -0.0604. The number of rotatable bonds is 5. The minimum absolute atomic E-state index is 0.0604. The quantitative estimate of drug-likeness (QED) is 0.864. The maximum absolute atomic E-state index is 12.0. The van der Waals surface area contributed by atoms with Crippen molar-refractivity contribution >= 4 is 46.5 Å². The molecule has 2 amide bonds. The Morgan fingerprint density at radius 3 is 2.78 bits per heavy atom. The Hall–Kier alpha value is -2.12. The summed E-state index contributed by atoms with van der Waals surface area (Å²) >= 11 is 11.8. The van der Waals surface area contributed by atoms with Crippen molar-refractivity contribution in [1.82, 2.24) is 15.0 Å². The fraction of sp³-hybridized carbons (Fsp3) is 0.286. The highest BCUT2D eigenvalue weighted by atomic mass is 35.5. The van der Waals surface area contributed by atoms with Gasteiger partial charge in [-0.3, -0.25) is 9.59 Å². The number of aromatic nitrogens is 3. The third kappa shape index (κ3) is 4.20. The summed E-state index contributed by atoms with van der Waals surface area (Å²) in [4.78, 5) is 23.6. The molecular formula is C14H13Cl2N5O2. The zero-order chi connectivity index (χ0) is 16.4. The van der Waals surface area contributed by atoms with Gasteiger partial charge in [0.15, 0.2) is 5.82 Å². The Balaban J connectivity index is 1.58. The van der Waals surface area contributed by atoms with E-state index in [0.29, 0.717) is 21.6 Å². The number of amides is 2. The van der Waals surface area contributed by atoms with E-state index in [0.717, 1.165) is 12.8 Å². The molecule has 3 rings (SSSR count). The van der Waals surface area contributed by atoms with Crippen molar-refractivity contribution in [3.05, 3.63) is 34.4 Å². The number of hydrogen-bond acceptors (Lipinski definition) is 4. The topological polar surface area (TPSA) is 88.9 Å². The Kier molecular flexibility index (Phi) is 4.49. The van der Waals surface area contributed by atoms with Crippen molar-refractivity contribution in [2.24, 2.45) is 5.92 Å². The van der Waals surface area contributed by atoms with Crippen molar-refractivity contribution in [3.63, 3.8) is 0 Å². The molecule has 1 fully saturated rings. The van der Waals surface area contributed by atoms with E-state index >= 15 is 0 Å². The normalized spacial score (nSPS) is 13.7. The van der Waals surface area contributed by atoms with E-state index in [1.807, 2.05) is 0 Å². The summed E-state index contributed by atoms with van der Waals surface area (Å²) < 4.78 is 1.33.